The van der Waals surface area contributed by atoms with E-state index < -0.39 is 0 Å². The molecule has 59 heavy (non-hydrogen) atoms. The monoisotopic (exact) mass is 771 g/mol. The van der Waals surface area contributed by atoms with Gasteiger partial charge < -0.3 is 4.90 Å². The third-order valence-corrected chi connectivity index (χ3v) is 13.4. The summed E-state index contributed by atoms with van der Waals surface area (Å²) in [5, 5.41) is 2.55. The molecule has 0 saturated carbocycles. The van der Waals surface area contributed by atoms with Gasteiger partial charge in [0.05, 0.1) is 11.4 Å². The van der Waals surface area contributed by atoms with Crippen LogP contribution in [0, 0.1) is 0 Å². The van der Waals surface area contributed by atoms with E-state index in [0.29, 0.717) is 0 Å². The van der Waals surface area contributed by atoms with Gasteiger partial charge in [0.1, 0.15) is 0 Å². The summed E-state index contributed by atoms with van der Waals surface area (Å²) in [7, 11) is 0. The molecule has 1 aliphatic carbocycles. The molecule has 0 unspecified atom stereocenters. The fourth-order valence-electron chi connectivity index (χ4n) is 9.46. The maximum atomic E-state index is 2.56. The highest BCUT2D eigenvalue weighted by atomic mass is 32.1. The highest BCUT2D eigenvalue weighted by Crippen LogP contribution is 2.54. The van der Waals surface area contributed by atoms with E-state index in [9.17, 15) is 0 Å². The fourth-order valence-corrected chi connectivity index (χ4v) is 10.6. The Morgan fingerprint density at radius 3 is 1.66 bits per heavy atom. The van der Waals surface area contributed by atoms with Gasteiger partial charge in [0.15, 0.2) is 0 Å². The standard InChI is InChI=1S/C57H41NS/c1-57(2)49-36-41(38-18-6-3-7-19-38)32-34-45(49)46-35-33-42(37-50(46)57)58(52-29-17-31-54-56(52)48-26-14-15-30-53(48)59-54)51-28-16-27-44(40-22-10-5-11-23-40)55(51)47-25-13-12-24-43(47)39-20-8-4-9-21-39/h3-37H,1-2H3. The summed E-state index contributed by atoms with van der Waals surface area (Å²) < 4.78 is 2.57. The maximum Gasteiger partial charge on any atom is 0.0555 e. The highest BCUT2D eigenvalue weighted by molar-refractivity contribution is 7.26. The molecule has 1 aromatic heterocycles. The lowest BCUT2D eigenvalue weighted by molar-refractivity contribution is 0.660. The van der Waals surface area contributed by atoms with Gasteiger partial charge in [-0.2, -0.15) is 0 Å². The minimum absolute atomic E-state index is 0.215. The summed E-state index contributed by atoms with van der Waals surface area (Å²) in [6.07, 6.45) is 0. The molecule has 0 bridgehead atoms. The number of benzene rings is 9. The summed E-state index contributed by atoms with van der Waals surface area (Å²) in [5.74, 6) is 0. The number of fused-ring (bicyclic) bond motifs is 6. The van der Waals surface area contributed by atoms with Crippen LogP contribution in [0.15, 0.2) is 212 Å². The number of nitrogens with zero attached hydrogens (tertiary/aromatic N) is 1. The third-order valence-electron chi connectivity index (χ3n) is 12.3. The van der Waals surface area contributed by atoms with Crippen LogP contribution in [0.4, 0.5) is 17.1 Å². The first-order chi connectivity index (χ1) is 29.0. The number of anilines is 3. The molecule has 0 saturated heterocycles. The van der Waals surface area contributed by atoms with Gasteiger partial charge in [0.25, 0.3) is 0 Å². The lowest BCUT2D eigenvalue weighted by Gasteiger charge is -2.32. The zero-order valence-corrected chi connectivity index (χ0v) is 33.9. The van der Waals surface area contributed by atoms with Crippen molar-refractivity contribution in [2.75, 3.05) is 4.90 Å². The van der Waals surface area contributed by atoms with Gasteiger partial charge in [-0.05, 0) is 104 Å². The summed E-state index contributed by atoms with van der Waals surface area (Å²) in [6.45, 7) is 4.79. The summed E-state index contributed by atoms with van der Waals surface area (Å²) >= 11 is 1.87. The zero-order valence-electron chi connectivity index (χ0n) is 33.1. The molecule has 11 rings (SSSR count). The number of hydrogen-bond acceptors (Lipinski definition) is 2. The molecular formula is C57H41NS. The first-order valence-electron chi connectivity index (χ1n) is 20.4. The predicted octanol–water partition coefficient (Wildman–Crippen LogP) is 16.5. The van der Waals surface area contributed by atoms with Gasteiger partial charge in [-0.3, -0.25) is 0 Å². The summed E-state index contributed by atoms with van der Waals surface area (Å²) in [4.78, 5) is 2.56. The van der Waals surface area contributed by atoms with Gasteiger partial charge in [0.2, 0.25) is 0 Å². The number of hydrogen-bond donors (Lipinski definition) is 0. The average molecular weight is 772 g/mol. The number of thiophene rings is 1. The molecule has 1 aliphatic rings. The van der Waals surface area contributed by atoms with E-state index in [4.69, 9.17) is 0 Å². The molecule has 10 aromatic rings. The molecule has 0 aliphatic heterocycles. The second-order valence-corrected chi connectivity index (χ2v) is 17.1. The molecular weight excluding hydrogens is 731 g/mol. The van der Waals surface area contributed by atoms with Crippen molar-refractivity contribution >= 4 is 48.6 Å². The van der Waals surface area contributed by atoms with Gasteiger partial charge >= 0.3 is 0 Å². The molecule has 0 radical (unpaired) electrons. The van der Waals surface area contributed by atoms with E-state index in [2.05, 4.69) is 231 Å². The Kier molecular flexibility index (Phi) is 8.43. The molecule has 2 heteroatoms. The van der Waals surface area contributed by atoms with Gasteiger partial charge in [-0.25, -0.2) is 0 Å². The quantitative estimate of drug-likeness (QED) is 0.156. The molecule has 280 valence electrons. The van der Waals surface area contributed by atoms with Crippen molar-refractivity contribution in [2.24, 2.45) is 0 Å². The molecule has 9 aromatic carbocycles. The predicted molar refractivity (Wildman–Crippen MR) is 253 cm³/mol. The lowest BCUT2D eigenvalue weighted by atomic mass is 9.81. The molecule has 0 N–H and O–H groups in total. The zero-order chi connectivity index (χ0) is 39.5. The second-order valence-electron chi connectivity index (χ2n) is 16.0. The van der Waals surface area contributed by atoms with E-state index in [1.54, 1.807) is 0 Å². The van der Waals surface area contributed by atoms with E-state index in [1.165, 1.54) is 92.6 Å². The largest absolute Gasteiger partial charge is 0.309 e. The Morgan fingerprint density at radius 1 is 0.373 bits per heavy atom. The van der Waals surface area contributed by atoms with Crippen molar-refractivity contribution in [3.63, 3.8) is 0 Å². The van der Waals surface area contributed by atoms with E-state index in [0.717, 1.165) is 11.4 Å². The molecule has 1 nitrogen and oxygen atoms in total. The van der Waals surface area contributed by atoms with Gasteiger partial charge in [-0.1, -0.05) is 184 Å². The van der Waals surface area contributed by atoms with E-state index in [1.807, 2.05) is 11.3 Å². The van der Waals surface area contributed by atoms with Crippen molar-refractivity contribution in [3.05, 3.63) is 223 Å². The van der Waals surface area contributed by atoms with Crippen LogP contribution >= 0.6 is 11.3 Å². The Morgan fingerprint density at radius 2 is 0.915 bits per heavy atom. The SMILES string of the molecule is CC1(C)c2cc(-c3ccccc3)ccc2-c2ccc(N(c3cccc(-c4ccccc4)c3-c3ccccc3-c3ccccc3)c3cccc4sc5ccccc5c34)cc21. The third kappa shape index (κ3) is 5.82. The van der Waals surface area contributed by atoms with Gasteiger partial charge in [-0.15, -0.1) is 11.3 Å². The Hall–Kier alpha value is -7.00. The van der Waals surface area contributed by atoms with E-state index in [-0.39, 0.29) is 5.41 Å². The van der Waals surface area contributed by atoms with E-state index >= 15 is 0 Å². The van der Waals surface area contributed by atoms with Crippen LogP contribution in [0.3, 0.4) is 0 Å². The van der Waals surface area contributed by atoms with Crippen LogP contribution in [0.2, 0.25) is 0 Å². The average Bonchev–Trinajstić information content (AvgIpc) is 3.79. The van der Waals surface area contributed by atoms with Crippen molar-refractivity contribution in [1.82, 2.24) is 0 Å². The molecule has 0 spiro atoms. The Balaban J connectivity index is 1.20. The highest BCUT2D eigenvalue weighted by Gasteiger charge is 2.37. The first-order valence-corrected chi connectivity index (χ1v) is 21.2. The van der Waals surface area contributed by atoms with Crippen molar-refractivity contribution in [2.45, 2.75) is 19.3 Å². The minimum Gasteiger partial charge on any atom is -0.309 e. The normalized spacial score (nSPS) is 12.7. The van der Waals surface area contributed by atoms with Crippen LogP contribution in [0.5, 0.6) is 0 Å². The van der Waals surface area contributed by atoms with Crippen LogP contribution < -0.4 is 4.90 Å². The van der Waals surface area contributed by atoms with Gasteiger partial charge in [0, 0.05) is 36.8 Å². The first kappa shape index (κ1) is 35.2. The second kappa shape index (κ2) is 14.1. The summed E-state index contributed by atoms with van der Waals surface area (Å²) in [6, 6.07) is 78.2. The maximum absolute atomic E-state index is 2.56. The summed E-state index contributed by atoms with van der Waals surface area (Å²) in [5.41, 5.74) is 18.2. The van der Waals surface area contributed by atoms with Crippen LogP contribution in [0.25, 0.3) is 75.8 Å². The topological polar surface area (TPSA) is 3.24 Å². The molecule has 0 amide bonds. The van der Waals surface area contributed by atoms with Crippen molar-refractivity contribution in [3.8, 4) is 55.6 Å². The molecule has 0 atom stereocenters. The lowest BCUT2D eigenvalue weighted by Crippen LogP contribution is -2.17. The number of rotatable bonds is 7. The minimum atomic E-state index is -0.215. The van der Waals surface area contributed by atoms with Crippen LogP contribution in [-0.4, -0.2) is 0 Å². The van der Waals surface area contributed by atoms with Crippen LogP contribution in [-0.2, 0) is 5.41 Å². The Labute approximate surface area is 350 Å². The van der Waals surface area contributed by atoms with Crippen molar-refractivity contribution < 1.29 is 0 Å². The molecule has 1 heterocycles. The van der Waals surface area contributed by atoms with Crippen molar-refractivity contribution in [1.29, 1.82) is 0 Å². The van der Waals surface area contributed by atoms with Crippen LogP contribution in [0.1, 0.15) is 25.0 Å². The molecule has 0 fully saturated rings. The Bertz CT molecular complexity index is 3180. The fraction of sp³-hybridized carbons (Fsp3) is 0.0526. The smallest absolute Gasteiger partial charge is 0.0555 e.